The van der Waals surface area contributed by atoms with Crippen LogP contribution >= 0.6 is 11.8 Å². The van der Waals surface area contributed by atoms with Crippen LogP contribution in [0.3, 0.4) is 0 Å². The number of hydrogen-bond acceptors (Lipinski definition) is 3. The number of nitrogens with one attached hydrogen (secondary N) is 1. The Bertz CT molecular complexity index is 362. The number of aromatic nitrogens is 2. The maximum atomic E-state index is 4.48. The molecule has 2 rings (SSSR count). The molecular weight excluding hydrogens is 230 g/mol. The second kappa shape index (κ2) is 5.91. The number of nitrogens with zero attached hydrogens (tertiary/aromatic N) is 2. The van der Waals surface area contributed by atoms with E-state index >= 15 is 0 Å². The first kappa shape index (κ1) is 13.0. The molecule has 0 saturated carbocycles. The van der Waals surface area contributed by atoms with Crippen molar-refractivity contribution >= 4 is 11.8 Å². The van der Waals surface area contributed by atoms with Crippen LogP contribution in [0.2, 0.25) is 0 Å². The fourth-order valence-electron chi connectivity index (χ4n) is 2.46. The minimum atomic E-state index is 0.665. The molecule has 1 fully saturated rings. The molecule has 0 radical (unpaired) electrons. The Kier molecular flexibility index (Phi) is 4.51. The lowest BCUT2D eigenvalue weighted by Crippen LogP contribution is -2.38. The molecule has 2 heterocycles. The molecule has 2 atom stereocenters. The van der Waals surface area contributed by atoms with Crippen molar-refractivity contribution in [2.75, 3.05) is 5.75 Å². The van der Waals surface area contributed by atoms with Gasteiger partial charge in [-0.05, 0) is 25.0 Å². The highest BCUT2D eigenvalue weighted by Gasteiger charge is 2.21. The Hall–Kier alpha value is -0.480. The van der Waals surface area contributed by atoms with E-state index in [1.165, 1.54) is 29.9 Å². The summed E-state index contributed by atoms with van der Waals surface area (Å²) < 4.78 is 1.93. The predicted molar refractivity (Wildman–Crippen MR) is 74.4 cm³/mol. The van der Waals surface area contributed by atoms with E-state index in [9.17, 15) is 0 Å². The molecule has 1 N–H and O–H groups in total. The van der Waals surface area contributed by atoms with Gasteiger partial charge in [-0.15, -0.1) is 0 Å². The maximum Gasteiger partial charge on any atom is 0.0666 e. The minimum absolute atomic E-state index is 0.665. The van der Waals surface area contributed by atoms with Gasteiger partial charge < -0.3 is 5.32 Å². The van der Waals surface area contributed by atoms with Crippen molar-refractivity contribution in [2.45, 2.75) is 50.9 Å². The Labute approximate surface area is 108 Å². The van der Waals surface area contributed by atoms with Crippen molar-refractivity contribution in [1.82, 2.24) is 15.1 Å². The van der Waals surface area contributed by atoms with E-state index in [4.69, 9.17) is 0 Å². The molecule has 0 aliphatic carbocycles. The van der Waals surface area contributed by atoms with Crippen molar-refractivity contribution in [3.8, 4) is 0 Å². The van der Waals surface area contributed by atoms with Crippen molar-refractivity contribution in [3.63, 3.8) is 0 Å². The quantitative estimate of drug-likeness (QED) is 0.893. The highest BCUT2D eigenvalue weighted by atomic mass is 32.2. The van der Waals surface area contributed by atoms with Crippen LogP contribution in [0.4, 0.5) is 0 Å². The molecule has 4 heteroatoms. The van der Waals surface area contributed by atoms with Crippen LogP contribution in [0.5, 0.6) is 0 Å². The standard InChI is InChI=1S/C13H23N3S/c1-4-12-11(9-16(3)15-12)8-14-13-6-5-7-17-10(13)2/h9-10,13-14H,4-8H2,1-3H3. The van der Waals surface area contributed by atoms with Crippen molar-refractivity contribution in [3.05, 3.63) is 17.5 Å². The third kappa shape index (κ3) is 3.26. The smallest absolute Gasteiger partial charge is 0.0666 e. The van der Waals surface area contributed by atoms with Gasteiger partial charge in [-0.2, -0.15) is 16.9 Å². The lowest BCUT2D eigenvalue weighted by atomic mass is 10.1. The molecule has 1 aromatic rings. The lowest BCUT2D eigenvalue weighted by Gasteiger charge is -2.29. The summed E-state index contributed by atoms with van der Waals surface area (Å²) in [4.78, 5) is 0. The SMILES string of the molecule is CCc1nn(C)cc1CNC1CCCSC1C. The molecule has 1 saturated heterocycles. The van der Waals surface area contributed by atoms with E-state index in [1.807, 2.05) is 11.7 Å². The van der Waals surface area contributed by atoms with Crippen molar-refractivity contribution in [2.24, 2.45) is 7.05 Å². The minimum Gasteiger partial charge on any atom is -0.309 e. The van der Waals surface area contributed by atoms with E-state index in [2.05, 4.69) is 42.2 Å². The highest BCUT2D eigenvalue weighted by molar-refractivity contribution is 7.99. The van der Waals surface area contributed by atoms with Gasteiger partial charge in [-0.25, -0.2) is 0 Å². The molecule has 1 aliphatic rings. The molecule has 2 unspecified atom stereocenters. The zero-order chi connectivity index (χ0) is 12.3. The van der Waals surface area contributed by atoms with Gasteiger partial charge in [0.15, 0.2) is 0 Å². The van der Waals surface area contributed by atoms with E-state index in [1.54, 1.807) is 0 Å². The van der Waals surface area contributed by atoms with E-state index < -0.39 is 0 Å². The number of rotatable bonds is 4. The zero-order valence-corrected chi connectivity index (χ0v) is 11.9. The van der Waals surface area contributed by atoms with Crippen LogP contribution in [0.25, 0.3) is 0 Å². The van der Waals surface area contributed by atoms with Gasteiger partial charge in [0, 0.05) is 36.6 Å². The summed E-state index contributed by atoms with van der Waals surface area (Å²) in [5, 5.41) is 8.93. The fourth-order valence-corrected chi connectivity index (χ4v) is 3.63. The van der Waals surface area contributed by atoms with E-state index in [0.29, 0.717) is 6.04 Å². The molecule has 96 valence electrons. The fraction of sp³-hybridized carbons (Fsp3) is 0.769. The first-order valence-corrected chi connectivity index (χ1v) is 7.62. The highest BCUT2D eigenvalue weighted by Crippen LogP contribution is 2.25. The summed E-state index contributed by atoms with van der Waals surface area (Å²) in [6.07, 6.45) is 5.83. The molecule has 3 nitrogen and oxygen atoms in total. The van der Waals surface area contributed by atoms with Gasteiger partial charge in [-0.1, -0.05) is 13.8 Å². The third-order valence-electron chi connectivity index (χ3n) is 3.49. The van der Waals surface area contributed by atoms with E-state index in [0.717, 1.165) is 18.2 Å². The first-order valence-electron chi connectivity index (χ1n) is 6.57. The molecule has 1 aromatic heterocycles. The second-order valence-corrected chi connectivity index (χ2v) is 6.32. The summed E-state index contributed by atoms with van der Waals surface area (Å²) in [5.74, 6) is 1.33. The van der Waals surface area contributed by atoms with Crippen molar-refractivity contribution in [1.29, 1.82) is 0 Å². The Balaban J connectivity index is 1.92. The van der Waals surface area contributed by atoms with Gasteiger partial charge >= 0.3 is 0 Å². The largest absolute Gasteiger partial charge is 0.309 e. The van der Waals surface area contributed by atoms with Gasteiger partial charge in [-0.3, -0.25) is 4.68 Å². The zero-order valence-electron chi connectivity index (χ0n) is 11.1. The molecule has 17 heavy (non-hydrogen) atoms. The molecule has 0 bridgehead atoms. The molecule has 1 aliphatic heterocycles. The monoisotopic (exact) mass is 253 g/mol. The van der Waals surface area contributed by atoms with Gasteiger partial charge in [0.1, 0.15) is 0 Å². The number of hydrogen-bond donors (Lipinski definition) is 1. The molecular formula is C13H23N3S. The topological polar surface area (TPSA) is 29.9 Å². The van der Waals surface area contributed by atoms with Crippen LogP contribution in [-0.2, 0) is 20.0 Å². The van der Waals surface area contributed by atoms with Crippen LogP contribution in [0.1, 0.15) is 37.9 Å². The number of thioether (sulfide) groups is 1. The van der Waals surface area contributed by atoms with Gasteiger partial charge in [0.25, 0.3) is 0 Å². The summed E-state index contributed by atoms with van der Waals surface area (Å²) in [6.45, 7) is 5.48. The van der Waals surface area contributed by atoms with Crippen LogP contribution in [0, 0.1) is 0 Å². The number of aryl methyl sites for hydroxylation is 2. The summed E-state index contributed by atoms with van der Waals surface area (Å²) >= 11 is 2.09. The molecule has 0 spiro atoms. The van der Waals surface area contributed by atoms with E-state index in [-0.39, 0.29) is 0 Å². The molecule has 0 aromatic carbocycles. The average Bonchev–Trinajstić information content (AvgIpc) is 2.69. The third-order valence-corrected chi connectivity index (χ3v) is 4.87. The average molecular weight is 253 g/mol. The van der Waals surface area contributed by atoms with Crippen LogP contribution in [-0.4, -0.2) is 26.8 Å². The van der Waals surface area contributed by atoms with Gasteiger partial charge in [0.05, 0.1) is 5.69 Å². The summed E-state index contributed by atoms with van der Waals surface area (Å²) in [6, 6.07) is 0.665. The predicted octanol–water partition coefficient (Wildman–Crippen LogP) is 2.36. The van der Waals surface area contributed by atoms with Crippen LogP contribution < -0.4 is 5.32 Å². The first-order chi connectivity index (χ1) is 8.20. The maximum absolute atomic E-state index is 4.48. The summed E-state index contributed by atoms with van der Waals surface area (Å²) in [7, 11) is 2.00. The van der Waals surface area contributed by atoms with Crippen LogP contribution in [0.15, 0.2) is 6.20 Å². The second-order valence-electron chi connectivity index (χ2n) is 4.83. The Morgan fingerprint density at radius 3 is 3.12 bits per heavy atom. The summed E-state index contributed by atoms with van der Waals surface area (Å²) in [5.41, 5.74) is 2.59. The Morgan fingerprint density at radius 1 is 1.59 bits per heavy atom. The molecule has 0 amide bonds. The normalized spacial score (nSPS) is 25.1. The lowest BCUT2D eigenvalue weighted by molar-refractivity contribution is 0.461. The van der Waals surface area contributed by atoms with Gasteiger partial charge in [0.2, 0.25) is 0 Å². The Morgan fingerprint density at radius 2 is 2.41 bits per heavy atom. The van der Waals surface area contributed by atoms with Crippen molar-refractivity contribution < 1.29 is 0 Å².